The van der Waals surface area contributed by atoms with E-state index in [-0.39, 0.29) is 17.9 Å². The van der Waals surface area contributed by atoms with Crippen molar-refractivity contribution in [2.24, 2.45) is 0 Å². The fourth-order valence-electron chi connectivity index (χ4n) is 2.15. The second-order valence-electron chi connectivity index (χ2n) is 5.15. The standard InChI is InChI=1S/C13H22N4O3/c1-4-19-13(18)10-7-14-5-6-17(10)8-11-15-12(9(2)3)20-16-11/h9-10,14H,4-8H2,1-3H3. The summed E-state index contributed by atoms with van der Waals surface area (Å²) in [4.78, 5) is 18.3. The number of esters is 1. The van der Waals surface area contributed by atoms with Crippen molar-refractivity contribution in [1.29, 1.82) is 0 Å². The molecular weight excluding hydrogens is 260 g/mol. The third-order valence-corrected chi connectivity index (χ3v) is 3.24. The predicted octanol–water partition coefficient (Wildman–Crippen LogP) is 0.530. The monoisotopic (exact) mass is 282 g/mol. The summed E-state index contributed by atoms with van der Waals surface area (Å²) in [5.41, 5.74) is 0. The molecule has 0 aromatic carbocycles. The molecule has 20 heavy (non-hydrogen) atoms. The van der Waals surface area contributed by atoms with Crippen LogP contribution in [-0.2, 0) is 16.1 Å². The second-order valence-corrected chi connectivity index (χ2v) is 5.15. The van der Waals surface area contributed by atoms with Gasteiger partial charge in [0.2, 0.25) is 5.89 Å². The van der Waals surface area contributed by atoms with Crippen LogP contribution in [0.15, 0.2) is 4.52 Å². The number of nitrogens with zero attached hydrogens (tertiary/aromatic N) is 3. The quantitative estimate of drug-likeness (QED) is 0.789. The SMILES string of the molecule is CCOC(=O)C1CNCCN1Cc1noc(C(C)C)n1. The summed E-state index contributed by atoms with van der Waals surface area (Å²) >= 11 is 0. The van der Waals surface area contributed by atoms with Crippen LogP contribution in [0.1, 0.15) is 38.4 Å². The minimum atomic E-state index is -0.287. The van der Waals surface area contributed by atoms with E-state index in [0.717, 1.165) is 13.1 Å². The van der Waals surface area contributed by atoms with E-state index in [1.807, 2.05) is 25.7 Å². The van der Waals surface area contributed by atoms with E-state index in [2.05, 4.69) is 15.5 Å². The first-order valence-corrected chi connectivity index (χ1v) is 7.05. The molecule has 1 unspecified atom stereocenters. The van der Waals surface area contributed by atoms with Crippen LogP contribution >= 0.6 is 0 Å². The molecule has 0 spiro atoms. The van der Waals surface area contributed by atoms with Gasteiger partial charge >= 0.3 is 5.97 Å². The molecule has 1 N–H and O–H groups in total. The number of ether oxygens (including phenoxy) is 1. The maximum absolute atomic E-state index is 11.9. The van der Waals surface area contributed by atoms with Crippen molar-refractivity contribution < 1.29 is 14.1 Å². The van der Waals surface area contributed by atoms with Gasteiger partial charge in [0.05, 0.1) is 13.2 Å². The summed E-state index contributed by atoms with van der Waals surface area (Å²) < 4.78 is 10.3. The van der Waals surface area contributed by atoms with Crippen molar-refractivity contribution in [3.05, 3.63) is 11.7 Å². The van der Waals surface area contributed by atoms with Gasteiger partial charge in [-0.05, 0) is 6.92 Å². The molecule has 1 aromatic heterocycles. The van der Waals surface area contributed by atoms with Crippen molar-refractivity contribution in [2.75, 3.05) is 26.2 Å². The Morgan fingerprint density at radius 2 is 2.40 bits per heavy atom. The molecule has 1 saturated heterocycles. The largest absolute Gasteiger partial charge is 0.465 e. The van der Waals surface area contributed by atoms with E-state index in [9.17, 15) is 4.79 Å². The molecule has 0 saturated carbocycles. The molecule has 112 valence electrons. The van der Waals surface area contributed by atoms with E-state index in [0.29, 0.717) is 31.4 Å². The zero-order valence-electron chi connectivity index (χ0n) is 12.3. The van der Waals surface area contributed by atoms with Gasteiger partial charge in [0.1, 0.15) is 6.04 Å². The lowest BCUT2D eigenvalue weighted by atomic mass is 10.2. The van der Waals surface area contributed by atoms with Crippen LogP contribution in [0.2, 0.25) is 0 Å². The van der Waals surface area contributed by atoms with Crippen LogP contribution in [0, 0.1) is 0 Å². The Labute approximate surface area is 118 Å². The first kappa shape index (κ1) is 14.9. The normalized spacial score (nSPS) is 20.3. The van der Waals surface area contributed by atoms with Gasteiger partial charge in [-0.1, -0.05) is 19.0 Å². The molecule has 1 aromatic rings. The average molecular weight is 282 g/mol. The maximum atomic E-state index is 11.9. The van der Waals surface area contributed by atoms with E-state index < -0.39 is 0 Å². The fourth-order valence-corrected chi connectivity index (χ4v) is 2.15. The molecule has 0 radical (unpaired) electrons. The number of hydrogen-bond acceptors (Lipinski definition) is 7. The van der Waals surface area contributed by atoms with Crippen LogP contribution in [0.5, 0.6) is 0 Å². The number of aromatic nitrogens is 2. The Hall–Kier alpha value is -1.47. The summed E-state index contributed by atoms with van der Waals surface area (Å²) in [6.07, 6.45) is 0. The van der Waals surface area contributed by atoms with Gasteiger partial charge in [0, 0.05) is 25.6 Å². The smallest absolute Gasteiger partial charge is 0.324 e. The predicted molar refractivity (Wildman–Crippen MR) is 72.1 cm³/mol. The molecule has 2 heterocycles. The van der Waals surface area contributed by atoms with Gasteiger partial charge in [-0.2, -0.15) is 4.98 Å². The lowest BCUT2D eigenvalue weighted by molar-refractivity contribution is -0.150. The Morgan fingerprint density at radius 3 is 3.05 bits per heavy atom. The molecule has 1 aliphatic heterocycles. The summed E-state index contributed by atoms with van der Waals surface area (Å²) in [5, 5.41) is 7.18. The van der Waals surface area contributed by atoms with E-state index >= 15 is 0 Å². The molecule has 7 heteroatoms. The maximum Gasteiger partial charge on any atom is 0.324 e. The molecule has 0 aliphatic carbocycles. The van der Waals surface area contributed by atoms with Crippen molar-refractivity contribution in [2.45, 2.75) is 39.3 Å². The van der Waals surface area contributed by atoms with E-state index in [1.54, 1.807) is 0 Å². The van der Waals surface area contributed by atoms with Crippen molar-refractivity contribution >= 4 is 5.97 Å². The highest BCUT2D eigenvalue weighted by atomic mass is 16.5. The minimum absolute atomic E-state index is 0.202. The number of hydrogen-bond donors (Lipinski definition) is 1. The number of rotatable bonds is 5. The Kier molecular flexibility index (Phi) is 5.08. The third-order valence-electron chi connectivity index (χ3n) is 3.24. The van der Waals surface area contributed by atoms with E-state index in [4.69, 9.17) is 9.26 Å². The molecule has 7 nitrogen and oxygen atoms in total. The third kappa shape index (κ3) is 3.55. The molecule has 2 rings (SSSR count). The Balaban J connectivity index is 2.02. The Morgan fingerprint density at radius 1 is 1.60 bits per heavy atom. The highest BCUT2D eigenvalue weighted by Gasteiger charge is 2.30. The van der Waals surface area contributed by atoms with Gasteiger partial charge in [0.25, 0.3) is 0 Å². The first-order valence-electron chi connectivity index (χ1n) is 7.05. The summed E-state index contributed by atoms with van der Waals surface area (Å²) in [6.45, 7) is 8.90. The van der Waals surface area contributed by atoms with Gasteiger partial charge in [-0.3, -0.25) is 9.69 Å². The molecule has 1 aliphatic rings. The van der Waals surface area contributed by atoms with E-state index in [1.165, 1.54) is 0 Å². The van der Waals surface area contributed by atoms with Crippen molar-refractivity contribution in [3.63, 3.8) is 0 Å². The second kappa shape index (κ2) is 6.81. The molecule has 0 amide bonds. The Bertz CT molecular complexity index is 447. The number of piperazine rings is 1. The number of nitrogens with one attached hydrogen (secondary N) is 1. The van der Waals surface area contributed by atoms with Gasteiger partial charge in [-0.25, -0.2) is 0 Å². The fraction of sp³-hybridized carbons (Fsp3) is 0.769. The molecule has 1 fully saturated rings. The minimum Gasteiger partial charge on any atom is -0.465 e. The van der Waals surface area contributed by atoms with Gasteiger partial charge < -0.3 is 14.6 Å². The zero-order valence-corrected chi connectivity index (χ0v) is 12.3. The first-order chi connectivity index (χ1) is 9.61. The van der Waals surface area contributed by atoms with Gasteiger partial charge in [-0.15, -0.1) is 0 Å². The molecule has 1 atom stereocenters. The zero-order chi connectivity index (χ0) is 14.5. The van der Waals surface area contributed by atoms with Crippen molar-refractivity contribution in [3.8, 4) is 0 Å². The number of carbonyl (C=O) groups excluding carboxylic acids is 1. The number of carbonyl (C=O) groups is 1. The van der Waals surface area contributed by atoms with Crippen LogP contribution in [0.3, 0.4) is 0 Å². The highest BCUT2D eigenvalue weighted by Crippen LogP contribution is 2.14. The van der Waals surface area contributed by atoms with Crippen LogP contribution < -0.4 is 5.32 Å². The van der Waals surface area contributed by atoms with Crippen molar-refractivity contribution in [1.82, 2.24) is 20.4 Å². The summed E-state index contributed by atoms with van der Waals surface area (Å²) in [6, 6.07) is -0.287. The van der Waals surface area contributed by atoms with Gasteiger partial charge in [0.15, 0.2) is 5.82 Å². The lowest BCUT2D eigenvalue weighted by Gasteiger charge is -2.33. The average Bonchev–Trinajstić information content (AvgIpc) is 2.88. The lowest BCUT2D eigenvalue weighted by Crippen LogP contribution is -2.55. The van der Waals surface area contributed by atoms with Crippen LogP contribution in [-0.4, -0.2) is 53.3 Å². The topological polar surface area (TPSA) is 80.5 Å². The summed E-state index contributed by atoms with van der Waals surface area (Å²) in [7, 11) is 0. The van der Waals surface area contributed by atoms with Crippen LogP contribution in [0.25, 0.3) is 0 Å². The molecular formula is C13H22N4O3. The van der Waals surface area contributed by atoms with Crippen LogP contribution in [0.4, 0.5) is 0 Å². The molecule has 0 bridgehead atoms. The highest BCUT2D eigenvalue weighted by molar-refractivity contribution is 5.76. The summed E-state index contributed by atoms with van der Waals surface area (Å²) in [5.74, 6) is 1.25.